The third-order valence-electron chi connectivity index (χ3n) is 4.34. The first-order chi connectivity index (χ1) is 9.22. The Bertz CT molecular complexity index is 768. The van der Waals surface area contributed by atoms with Crippen molar-refractivity contribution in [2.24, 2.45) is 0 Å². The molecule has 1 aromatic rings. The second-order valence-electron chi connectivity index (χ2n) is 5.66. The minimum absolute atomic E-state index is 0.0399. The Morgan fingerprint density at radius 1 is 1.20 bits per heavy atom. The molecule has 0 aliphatic carbocycles. The standard InChI is InChI=1S/C13H17NO4S2/c1-9-3-4-12(5-10(9)2)20(17,18)14-7-13-6-11(14)8-19(13,15)16/h3-5,11,13H,6-8H2,1-2H3. The molecule has 2 bridgehead atoms. The van der Waals surface area contributed by atoms with Crippen LogP contribution in [-0.2, 0) is 19.9 Å². The lowest BCUT2D eigenvalue weighted by molar-refractivity contribution is 0.402. The lowest BCUT2D eigenvalue weighted by Crippen LogP contribution is -2.43. The zero-order chi connectivity index (χ0) is 14.7. The normalized spacial score (nSPS) is 28.9. The molecular weight excluding hydrogens is 298 g/mol. The smallest absolute Gasteiger partial charge is 0.228 e. The van der Waals surface area contributed by atoms with Crippen LogP contribution in [0.2, 0.25) is 0 Å². The van der Waals surface area contributed by atoms with E-state index >= 15 is 0 Å². The van der Waals surface area contributed by atoms with Gasteiger partial charge in [-0.15, -0.1) is 0 Å². The molecule has 2 saturated heterocycles. The quantitative estimate of drug-likeness (QED) is 0.811. The molecule has 2 heterocycles. The van der Waals surface area contributed by atoms with Crippen molar-refractivity contribution in [3.63, 3.8) is 0 Å². The second kappa shape index (κ2) is 4.29. The van der Waals surface area contributed by atoms with Gasteiger partial charge in [0, 0.05) is 12.6 Å². The SMILES string of the molecule is Cc1ccc(S(=O)(=O)N2CC3CC2CS3(=O)=O)cc1C. The van der Waals surface area contributed by atoms with Crippen LogP contribution in [0.1, 0.15) is 17.5 Å². The van der Waals surface area contributed by atoms with Gasteiger partial charge in [0.2, 0.25) is 10.0 Å². The van der Waals surface area contributed by atoms with Crippen molar-refractivity contribution < 1.29 is 16.8 Å². The molecular formula is C13H17NO4S2. The first-order valence-corrected chi connectivity index (χ1v) is 9.68. The monoisotopic (exact) mass is 315 g/mol. The number of sulfone groups is 1. The van der Waals surface area contributed by atoms with Crippen molar-refractivity contribution in [2.75, 3.05) is 12.3 Å². The Morgan fingerprint density at radius 3 is 2.40 bits per heavy atom. The van der Waals surface area contributed by atoms with E-state index in [-0.39, 0.29) is 17.2 Å². The highest BCUT2D eigenvalue weighted by atomic mass is 32.2. The molecule has 3 rings (SSSR count). The molecule has 7 heteroatoms. The van der Waals surface area contributed by atoms with Gasteiger partial charge < -0.3 is 0 Å². The maximum absolute atomic E-state index is 12.6. The summed E-state index contributed by atoms with van der Waals surface area (Å²) in [5, 5.41) is -0.520. The van der Waals surface area contributed by atoms with Crippen LogP contribution in [0.4, 0.5) is 0 Å². The molecule has 5 nitrogen and oxygen atoms in total. The van der Waals surface area contributed by atoms with E-state index in [2.05, 4.69) is 0 Å². The second-order valence-corrected chi connectivity index (χ2v) is 9.88. The van der Waals surface area contributed by atoms with Gasteiger partial charge in [0.15, 0.2) is 9.84 Å². The Morgan fingerprint density at radius 2 is 1.90 bits per heavy atom. The van der Waals surface area contributed by atoms with Crippen LogP contribution in [0.25, 0.3) is 0 Å². The highest BCUT2D eigenvalue weighted by Gasteiger charge is 2.52. The van der Waals surface area contributed by atoms with E-state index in [0.717, 1.165) is 11.1 Å². The van der Waals surface area contributed by atoms with E-state index in [1.54, 1.807) is 18.2 Å². The van der Waals surface area contributed by atoms with Crippen LogP contribution in [0.15, 0.2) is 23.1 Å². The fraction of sp³-hybridized carbons (Fsp3) is 0.538. The molecule has 2 unspecified atom stereocenters. The van der Waals surface area contributed by atoms with Gasteiger partial charge in [0.25, 0.3) is 0 Å². The summed E-state index contributed by atoms with van der Waals surface area (Å²) in [5.74, 6) is -0.0399. The number of sulfonamides is 1. The number of hydrogen-bond donors (Lipinski definition) is 0. The van der Waals surface area contributed by atoms with Crippen molar-refractivity contribution in [1.29, 1.82) is 0 Å². The molecule has 2 aliphatic heterocycles. The van der Waals surface area contributed by atoms with Crippen LogP contribution in [0.3, 0.4) is 0 Å². The van der Waals surface area contributed by atoms with E-state index in [4.69, 9.17) is 0 Å². The summed E-state index contributed by atoms with van der Waals surface area (Å²) in [6.07, 6.45) is 0.437. The van der Waals surface area contributed by atoms with Crippen molar-refractivity contribution in [1.82, 2.24) is 4.31 Å². The number of benzene rings is 1. The lowest BCUT2D eigenvalue weighted by atomic mass is 10.1. The van der Waals surface area contributed by atoms with Gasteiger partial charge >= 0.3 is 0 Å². The van der Waals surface area contributed by atoms with Crippen molar-refractivity contribution in [3.05, 3.63) is 29.3 Å². The largest absolute Gasteiger partial charge is 0.243 e. The Kier molecular flexibility index (Phi) is 3.01. The third kappa shape index (κ3) is 1.99. The van der Waals surface area contributed by atoms with Gasteiger partial charge in [0.05, 0.1) is 15.9 Å². The van der Waals surface area contributed by atoms with Gasteiger partial charge in [-0.05, 0) is 43.5 Å². The van der Waals surface area contributed by atoms with Crippen molar-refractivity contribution >= 4 is 19.9 Å². The lowest BCUT2D eigenvalue weighted by Gasteiger charge is -2.26. The Labute approximate surface area is 119 Å². The fourth-order valence-electron chi connectivity index (χ4n) is 2.97. The molecule has 0 aromatic heterocycles. The summed E-state index contributed by atoms with van der Waals surface area (Å²) in [6, 6.07) is 4.65. The number of nitrogens with zero attached hydrogens (tertiary/aromatic N) is 1. The fourth-order valence-corrected chi connectivity index (χ4v) is 6.95. The molecule has 2 aliphatic rings. The van der Waals surface area contributed by atoms with Crippen LogP contribution >= 0.6 is 0 Å². The van der Waals surface area contributed by atoms with Crippen molar-refractivity contribution in [2.45, 2.75) is 36.5 Å². The molecule has 0 spiro atoms. The molecule has 0 amide bonds. The minimum atomic E-state index is -3.59. The van der Waals surface area contributed by atoms with Gasteiger partial charge in [-0.3, -0.25) is 0 Å². The molecule has 0 N–H and O–H groups in total. The summed E-state index contributed by atoms with van der Waals surface area (Å²) in [7, 11) is -6.67. The Hall–Kier alpha value is -0.920. The van der Waals surface area contributed by atoms with E-state index in [0.29, 0.717) is 6.42 Å². The van der Waals surface area contributed by atoms with Gasteiger partial charge in [0.1, 0.15) is 0 Å². The van der Waals surface area contributed by atoms with E-state index in [9.17, 15) is 16.8 Å². The summed E-state index contributed by atoms with van der Waals surface area (Å²) >= 11 is 0. The summed E-state index contributed by atoms with van der Waals surface area (Å²) < 4.78 is 50.0. The number of hydrogen-bond acceptors (Lipinski definition) is 4. The average molecular weight is 315 g/mol. The Balaban J connectivity index is 1.97. The van der Waals surface area contributed by atoms with Crippen LogP contribution < -0.4 is 0 Å². The predicted octanol–water partition coefficient (Wildman–Crippen LogP) is 0.863. The van der Waals surface area contributed by atoms with Gasteiger partial charge in [-0.2, -0.15) is 4.31 Å². The molecule has 110 valence electrons. The molecule has 0 radical (unpaired) electrons. The molecule has 2 fully saturated rings. The summed E-state index contributed by atoms with van der Waals surface area (Å²) in [4.78, 5) is 0.255. The first kappa shape index (κ1) is 14.0. The van der Waals surface area contributed by atoms with E-state index in [1.807, 2.05) is 13.8 Å². The van der Waals surface area contributed by atoms with Crippen LogP contribution in [-0.4, -0.2) is 44.7 Å². The molecule has 2 atom stereocenters. The zero-order valence-electron chi connectivity index (χ0n) is 11.4. The molecule has 20 heavy (non-hydrogen) atoms. The first-order valence-electron chi connectivity index (χ1n) is 6.52. The van der Waals surface area contributed by atoms with Crippen LogP contribution in [0.5, 0.6) is 0 Å². The minimum Gasteiger partial charge on any atom is -0.228 e. The predicted molar refractivity (Wildman–Crippen MR) is 75.8 cm³/mol. The van der Waals surface area contributed by atoms with Gasteiger partial charge in [-0.1, -0.05) is 6.07 Å². The van der Waals surface area contributed by atoms with Gasteiger partial charge in [-0.25, -0.2) is 16.8 Å². The summed E-state index contributed by atoms with van der Waals surface area (Å²) in [6.45, 7) is 3.90. The molecule has 1 aromatic carbocycles. The maximum atomic E-state index is 12.6. The van der Waals surface area contributed by atoms with E-state index < -0.39 is 31.2 Å². The average Bonchev–Trinajstić information content (AvgIpc) is 2.88. The highest BCUT2D eigenvalue weighted by molar-refractivity contribution is 7.93. The number of rotatable bonds is 2. The third-order valence-corrected chi connectivity index (χ3v) is 8.46. The number of fused-ring (bicyclic) bond motifs is 2. The van der Waals surface area contributed by atoms with E-state index in [1.165, 1.54) is 4.31 Å². The zero-order valence-corrected chi connectivity index (χ0v) is 13.0. The summed E-state index contributed by atoms with van der Waals surface area (Å²) in [5.41, 5.74) is 1.96. The maximum Gasteiger partial charge on any atom is 0.243 e. The van der Waals surface area contributed by atoms with Crippen LogP contribution in [0, 0.1) is 13.8 Å². The number of aryl methyl sites for hydroxylation is 2. The van der Waals surface area contributed by atoms with Crippen molar-refractivity contribution in [3.8, 4) is 0 Å². The molecule has 0 saturated carbocycles. The topological polar surface area (TPSA) is 71.5 Å². The highest BCUT2D eigenvalue weighted by Crippen LogP contribution is 2.36.